The molecule has 1 aromatic rings. The van der Waals surface area contributed by atoms with Gasteiger partial charge in [-0.05, 0) is 56.5 Å². The molecule has 1 aliphatic rings. The van der Waals surface area contributed by atoms with Crippen molar-refractivity contribution in [1.82, 2.24) is 15.5 Å². The Kier molecular flexibility index (Phi) is 8.71. The van der Waals surface area contributed by atoms with E-state index >= 15 is 0 Å². The summed E-state index contributed by atoms with van der Waals surface area (Å²) in [5.74, 6) is 2.47. The monoisotopic (exact) mass is 362 g/mol. The highest BCUT2D eigenvalue weighted by Gasteiger charge is 2.19. The Bertz CT molecular complexity index is 539. The van der Waals surface area contributed by atoms with Crippen molar-refractivity contribution in [3.63, 3.8) is 0 Å². The summed E-state index contributed by atoms with van der Waals surface area (Å²) in [6, 6.07) is 8.63. The molecule has 1 heterocycles. The number of benzene rings is 1. The third-order valence-electron chi connectivity index (χ3n) is 4.85. The molecule has 1 aliphatic heterocycles. The maximum absolute atomic E-state index is 5.22. The second-order valence-electron chi connectivity index (χ2n) is 7.02. The van der Waals surface area contributed by atoms with E-state index in [1.54, 1.807) is 14.2 Å². The van der Waals surface area contributed by atoms with Crippen LogP contribution in [0.15, 0.2) is 29.3 Å². The summed E-state index contributed by atoms with van der Waals surface area (Å²) in [6.07, 6.45) is 2.43. The number of aliphatic imine (C=N–C) groups is 1. The van der Waals surface area contributed by atoms with E-state index in [9.17, 15) is 0 Å². The van der Waals surface area contributed by atoms with Crippen LogP contribution in [0.25, 0.3) is 0 Å². The number of methoxy groups -OCH3 is 2. The largest absolute Gasteiger partial charge is 0.497 e. The minimum Gasteiger partial charge on any atom is -0.497 e. The summed E-state index contributed by atoms with van der Waals surface area (Å²) in [5, 5.41) is 6.81. The SMILES string of the molecule is CN=C(NCC1CCN(Cc2ccc(OC)cc2)CC1)NC(C)COC. The molecule has 0 aliphatic carbocycles. The van der Waals surface area contributed by atoms with Gasteiger partial charge in [0.1, 0.15) is 5.75 Å². The molecular formula is C20H34N4O2. The summed E-state index contributed by atoms with van der Waals surface area (Å²) in [6.45, 7) is 7.03. The minimum absolute atomic E-state index is 0.248. The number of likely N-dealkylation sites (tertiary alicyclic amines) is 1. The molecule has 2 N–H and O–H groups in total. The van der Waals surface area contributed by atoms with Crippen LogP contribution in [0.4, 0.5) is 0 Å². The predicted molar refractivity (Wildman–Crippen MR) is 107 cm³/mol. The molecule has 1 aromatic carbocycles. The van der Waals surface area contributed by atoms with Crippen LogP contribution in [0.5, 0.6) is 5.75 Å². The van der Waals surface area contributed by atoms with E-state index < -0.39 is 0 Å². The standard InChI is InChI=1S/C20H34N4O2/c1-16(15-25-3)23-20(21-2)22-13-17-9-11-24(12-10-17)14-18-5-7-19(26-4)8-6-18/h5-8,16-17H,9-15H2,1-4H3,(H2,21,22,23). The quantitative estimate of drug-likeness (QED) is 0.548. The maximum Gasteiger partial charge on any atom is 0.191 e. The van der Waals surface area contributed by atoms with Gasteiger partial charge in [-0.15, -0.1) is 0 Å². The molecule has 0 spiro atoms. The zero-order valence-corrected chi connectivity index (χ0v) is 16.6. The van der Waals surface area contributed by atoms with Crippen LogP contribution in [0.1, 0.15) is 25.3 Å². The van der Waals surface area contributed by atoms with Crippen molar-refractivity contribution in [2.24, 2.45) is 10.9 Å². The minimum atomic E-state index is 0.248. The lowest BCUT2D eigenvalue weighted by molar-refractivity contribution is 0.175. The average molecular weight is 363 g/mol. The van der Waals surface area contributed by atoms with Gasteiger partial charge in [-0.2, -0.15) is 0 Å². The molecule has 0 saturated carbocycles. The highest BCUT2D eigenvalue weighted by molar-refractivity contribution is 5.79. The topological polar surface area (TPSA) is 58.1 Å². The van der Waals surface area contributed by atoms with Crippen LogP contribution in [-0.4, -0.2) is 64.4 Å². The van der Waals surface area contributed by atoms with Gasteiger partial charge in [0.25, 0.3) is 0 Å². The van der Waals surface area contributed by atoms with Crippen LogP contribution < -0.4 is 15.4 Å². The first-order chi connectivity index (χ1) is 12.6. The van der Waals surface area contributed by atoms with Gasteiger partial charge in [0.2, 0.25) is 0 Å². The molecule has 0 bridgehead atoms. The Morgan fingerprint density at radius 2 is 1.92 bits per heavy atom. The van der Waals surface area contributed by atoms with Crippen molar-refractivity contribution in [3.05, 3.63) is 29.8 Å². The van der Waals surface area contributed by atoms with Gasteiger partial charge in [-0.25, -0.2) is 0 Å². The van der Waals surface area contributed by atoms with E-state index in [0.29, 0.717) is 12.5 Å². The molecule has 0 amide bonds. The van der Waals surface area contributed by atoms with Gasteiger partial charge in [-0.1, -0.05) is 12.1 Å². The molecule has 146 valence electrons. The van der Waals surface area contributed by atoms with Gasteiger partial charge < -0.3 is 20.1 Å². The molecule has 6 nitrogen and oxygen atoms in total. The zero-order valence-electron chi connectivity index (χ0n) is 16.6. The van der Waals surface area contributed by atoms with Gasteiger partial charge in [0, 0.05) is 33.3 Å². The molecule has 1 saturated heterocycles. The molecule has 6 heteroatoms. The third kappa shape index (κ3) is 6.84. The summed E-state index contributed by atoms with van der Waals surface area (Å²) in [5.41, 5.74) is 1.35. The summed E-state index contributed by atoms with van der Waals surface area (Å²) in [4.78, 5) is 6.83. The Balaban J connectivity index is 1.69. The van der Waals surface area contributed by atoms with Crippen LogP contribution in [-0.2, 0) is 11.3 Å². The predicted octanol–water partition coefficient (Wildman–Crippen LogP) is 2.11. The summed E-state index contributed by atoms with van der Waals surface area (Å²) in [7, 11) is 5.23. The van der Waals surface area contributed by atoms with Crippen LogP contribution in [0.3, 0.4) is 0 Å². The fraction of sp³-hybridized carbons (Fsp3) is 0.650. The van der Waals surface area contributed by atoms with Gasteiger partial charge in [0.15, 0.2) is 5.96 Å². The number of guanidine groups is 1. The van der Waals surface area contributed by atoms with E-state index in [-0.39, 0.29) is 6.04 Å². The van der Waals surface area contributed by atoms with Crippen molar-refractivity contribution in [1.29, 1.82) is 0 Å². The lowest BCUT2D eigenvalue weighted by Crippen LogP contribution is -2.46. The first kappa shape index (κ1) is 20.5. The van der Waals surface area contributed by atoms with Gasteiger partial charge in [-0.3, -0.25) is 9.89 Å². The molecule has 1 unspecified atom stereocenters. The first-order valence-corrected chi connectivity index (χ1v) is 9.46. The number of rotatable bonds is 8. The molecule has 1 fully saturated rings. The van der Waals surface area contributed by atoms with Crippen molar-refractivity contribution in [2.45, 2.75) is 32.4 Å². The Morgan fingerprint density at radius 3 is 2.50 bits per heavy atom. The van der Waals surface area contributed by atoms with Gasteiger partial charge in [0.05, 0.1) is 13.7 Å². The molecule has 26 heavy (non-hydrogen) atoms. The zero-order chi connectivity index (χ0) is 18.8. The van der Waals surface area contributed by atoms with Crippen LogP contribution >= 0.6 is 0 Å². The Hall–Kier alpha value is -1.79. The normalized spacial score (nSPS) is 17.8. The van der Waals surface area contributed by atoms with Crippen molar-refractivity contribution in [2.75, 3.05) is 47.5 Å². The van der Waals surface area contributed by atoms with Crippen molar-refractivity contribution >= 4 is 5.96 Å². The summed E-state index contributed by atoms with van der Waals surface area (Å²) >= 11 is 0. The second kappa shape index (κ2) is 11.0. The first-order valence-electron chi connectivity index (χ1n) is 9.46. The molecule has 0 aromatic heterocycles. The van der Waals surface area contributed by atoms with E-state index in [0.717, 1.165) is 37.9 Å². The molecular weight excluding hydrogens is 328 g/mol. The van der Waals surface area contributed by atoms with Gasteiger partial charge >= 0.3 is 0 Å². The molecule has 2 rings (SSSR count). The number of nitrogens with one attached hydrogen (secondary N) is 2. The lowest BCUT2D eigenvalue weighted by atomic mass is 9.96. The average Bonchev–Trinajstić information content (AvgIpc) is 2.67. The van der Waals surface area contributed by atoms with Crippen molar-refractivity contribution < 1.29 is 9.47 Å². The highest BCUT2D eigenvalue weighted by atomic mass is 16.5. The number of ether oxygens (including phenoxy) is 2. The van der Waals surface area contributed by atoms with E-state index in [4.69, 9.17) is 9.47 Å². The number of nitrogens with zero attached hydrogens (tertiary/aromatic N) is 2. The van der Waals surface area contributed by atoms with E-state index in [1.165, 1.54) is 18.4 Å². The molecule has 1 atom stereocenters. The number of hydrogen-bond acceptors (Lipinski definition) is 4. The van der Waals surface area contributed by atoms with E-state index in [2.05, 4.69) is 39.6 Å². The Labute approximate surface area is 158 Å². The van der Waals surface area contributed by atoms with Crippen LogP contribution in [0.2, 0.25) is 0 Å². The van der Waals surface area contributed by atoms with Crippen molar-refractivity contribution in [3.8, 4) is 5.75 Å². The fourth-order valence-electron chi connectivity index (χ4n) is 3.30. The van der Waals surface area contributed by atoms with Crippen LogP contribution in [0, 0.1) is 5.92 Å². The smallest absolute Gasteiger partial charge is 0.191 e. The maximum atomic E-state index is 5.22. The lowest BCUT2D eigenvalue weighted by Gasteiger charge is -2.32. The summed E-state index contributed by atoms with van der Waals surface area (Å²) < 4.78 is 10.4. The second-order valence-corrected chi connectivity index (χ2v) is 7.02. The fourth-order valence-corrected chi connectivity index (χ4v) is 3.30. The molecule has 0 radical (unpaired) electrons. The Morgan fingerprint density at radius 1 is 1.23 bits per heavy atom. The van der Waals surface area contributed by atoms with E-state index in [1.807, 2.05) is 19.2 Å². The third-order valence-corrected chi connectivity index (χ3v) is 4.85. The number of hydrogen-bond donors (Lipinski definition) is 2. The number of piperidine rings is 1. The highest BCUT2D eigenvalue weighted by Crippen LogP contribution is 2.19.